The van der Waals surface area contributed by atoms with E-state index in [9.17, 15) is 0 Å². The first kappa shape index (κ1) is 11.8. The number of unbranched alkanes of at least 4 members (excludes halogenated alkanes) is 3. The molecule has 1 heterocycles. The summed E-state index contributed by atoms with van der Waals surface area (Å²) < 4.78 is 4.49. The Kier molecular flexibility index (Phi) is 5.23. The zero-order chi connectivity index (χ0) is 10.4. The smallest absolute Gasteiger partial charge is 0.237 e. The molecule has 0 fully saturated rings. The van der Waals surface area contributed by atoms with Gasteiger partial charge in [0, 0.05) is 12.3 Å². The van der Waals surface area contributed by atoms with Crippen LogP contribution in [-0.4, -0.2) is 9.90 Å². The van der Waals surface area contributed by atoms with Crippen molar-refractivity contribution >= 4 is 15.9 Å². The van der Waals surface area contributed by atoms with Gasteiger partial charge in [0.15, 0.2) is 0 Å². The standard InChI is InChI=1S/C11H20BrN2/c1-11-13(2)9-10-14(11)8-6-4-3-5-7-12/h9-10H,3-8H2,1-2H3/q+1. The highest BCUT2D eigenvalue weighted by Gasteiger charge is 2.06. The molecule has 0 spiro atoms. The van der Waals surface area contributed by atoms with E-state index in [1.165, 1.54) is 31.5 Å². The molecule has 0 bridgehead atoms. The number of hydrogen-bond acceptors (Lipinski definition) is 0. The van der Waals surface area contributed by atoms with Gasteiger partial charge in [-0.15, -0.1) is 0 Å². The Bertz CT molecular complexity index is 268. The van der Waals surface area contributed by atoms with E-state index in [0.717, 1.165) is 11.9 Å². The Labute approximate surface area is 95.1 Å². The summed E-state index contributed by atoms with van der Waals surface area (Å²) in [5.41, 5.74) is 0. The molecule has 1 rings (SSSR count). The van der Waals surface area contributed by atoms with Gasteiger partial charge in [-0.25, -0.2) is 9.13 Å². The Morgan fingerprint density at radius 2 is 2.00 bits per heavy atom. The van der Waals surface area contributed by atoms with Gasteiger partial charge in [0.2, 0.25) is 0 Å². The summed E-state index contributed by atoms with van der Waals surface area (Å²) >= 11 is 3.45. The predicted octanol–water partition coefficient (Wildman–Crippen LogP) is 2.58. The van der Waals surface area contributed by atoms with Crippen LogP contribution in [0.4, 0.5) is 0 Å². The molecule has 0 saturated carbocycles. The van der Waals surface area contributed by atoms with E-state index in [2.05, 4.69) is 51.4 Å². The second kappa shape index (κ2) is 6.23. The van der Waals surface area contributed by atoms with E-state index >= 15 is 0 Å². The third-order valence-corrected chi connectivity index (χ3v) is 3.24. The van der Waals surface area contributed by atoms with Crippen molar-refractivity contribution in [2.24, 2.45) is 7.05 Å². The molecule has 80 valence electrons. The lowest BCUT2D eigenvalue weighted by atomic mass is 10.2. The third kappa shape index (κ3) is 3.45. The lowest BCUT2D eigenvalue weighted by Gasteiger charge is -1.99. The van der Waals surface area contributed by atoms with Crippen molar-refractivity contribution in [3.63, 3.8) is 0 Å². The highest BCUT2D eigenvalue weighted by Crippen LogP contribution is 2.04. The SMILES string of the molecule is Cc1n(CCCCCCBr)cc[n+]1C. The highest BCUT2D eigenvalue weighted by atomic mass is 79.9. The van der Waals surface area contributed by atoms with Crippen LogP contribution in [0, 0.1) is 6.92 Å². The van der Waals surface area contributed by atoms with Gasteiger partial charge < -0.3 is 0 Å². The van der Waals surface area contributed by atoms with Crippen LogP contribution >= 0.6 is 15.9 Å². The predicted molar refractivity (Wildman–Crippen MR) is 62.6 cm³/mol. The molecule has 0 aliphatic heterocycles. The number of aromatic nitrogens is 2. The number of aryl methyl sites for hydroxylation is 2. The van der Waals surface area contributed by atoms with Gasteiger partial charge in [0.05, 0.1) is 13.6 Å². The molecule has 0 aliphatic rings. The van der Waals surface area contributed by atoms with E-state index < -0.39 is 0 Å². The van der Waals surface area contributed by atoms with Crippen molar-refractivity contribution in [2.45, 2.75) is 39.2 Å². The fourth-order valence-electron chi connectivity index (χ4n) is 1.57. The molecule has 0 atom stereocenters. The van der Waals surface area contributed by atoms with Crippen LogP contribution in [0.15, 0.2) is 12.4 Å². The van der Waals surface area contributed by atoms with Crippen molar-refractivity contribution < 1.29 is 4.57 Å². The normalized spacial score (nSPS) is 10.8. The molecule has 3 heteroatoms. The first-order chi connectivity index (χ1) is 6.75. The number of nitrogens with zero attached hydrogens (tertiary/aromatic N) is 2. The van der Waals surface area contributed by atoms with Gasteiger partial charge in [-0.3, -0.25) is 0 Å². The summed E-state index contributed by atoms with van der Waals surface area (Å²) in [5, 5.41) is 1.14. The second-order valence-electron chi connectivity index (χ2n) is 3.75. The van der Waals surface area contributed by atoms with Crippen molar-refractivity contribution in [3.05, 3.63) is 18.2 Å². The van der Waals surface area contributed by atoms with Gasteiger partial charge in [-0.1, -0.05) is 22.4 Å². The Hall–Kier alpha value is -0.310. The van der Waals surface area contributed by atoms with Crippen LogP contribution in [0.3, 0.4) is 0 Å². The first-order valence-electron chi connectivity index (χ1n) is 5.33. The number of rotatable bonds is 6. The molecule has 14 heavy (non-hydrogen) atoms. The molecule has 0 amide bonds. The van der Waals surface area contributed by atoms with E-state index in [0.29, 0.717) is 0 Å². The molecule has 1 aromatic heterocycles. The van der Waals surface area contributed by atoms with E-state index in [-0.39, 0.29) is 0 Å². The largest absolute Gasteiger partial charge is 0.253 e. The lowest BCUT2D eigenvalue weighted by Crippen LogP contribution is -2.29. The fraction of sp³-hybridized carbons (Fsp3) is 0.727. The van der Waals surface area contributed by atoms with Crippen LogP contribution in [0.2, 0.25) is 0 Å². The second-order valence-corrected chi connectivity index (χ2v) is 4.55. The molecular weight excluding hydrogens is 240 g/mol. The lowest BCUT2D eigenvalue weighted by molar-refractivity contribution is -0.677. The van der Waals surface area contributed by atoms with E-state index in [4.69, 9.17) is 0 Å². The minimum atomic E-state index is 1.14. The summed E-state index contributed by atoms with van der Waals surface area (Å²) in [5.74, 6) is 1.34. The zero-order valence-corrected chi connectivity index (χ0v) is 10.8. The molecular formula is C11H20BrN2+. The van der Waals surface area contributed by atoms with Crippen LogP contribution in [-0.2, 0) is 13.6 Å². The maximum absolute atomic E-state index is 3.45. The molecule has 0 unspecified atom stereocenters. The average Bonchev–Trinajstić information content (AvgIpc) is 2.49. The number of halogens is 1. The topological polar surface area (TPSA) is 8.81 Å². The maximum atomic E-state index is 3.45. The number of alkyl halides is 1. The van der Waals surface area contributed by atoms with Crippen molar-refractivity contribution in [2.75, 3.05) is 5.33 Å². The minimum absolute atomic E-state index is 1.14. The van der Waals surface area contributed by atoms with Gasteiger partial charge in [-0.05, 0) is 19.3 Å². The van der Waals surface area contributed by atoms with Crippen LogP contribution in [0.25, 0.3) is 0 Å². The Balaban J connectivity index is 2.21. The highest BCUT2D eigenvalue weighted by molar-refractivity contribution is 9.09. The molecule has 0 aromatic carbocycles. The fourth-order valence-corrected chi connectivity index (χ4v) is 1.96. The number of imidazole rings is 1. The monoisotopic (exact) mass is 259 g/mol. The number of hydrogen-bond donors (Lipinski definition) is 0. The molecule has 0 saturated heterocycles. The maximum Gasteiger partial charge on any atom is 0.253 e. The molecule has 0 N–H and O–H groups in total. The Morgan fingerprint density at radius 1 is 1.29 bits per heavy atom. The summed E-state index contributed by atoms with van der Waals surface area (Å²) in [6, 6.07) is 0. The van der Waals surface area contributed by atoms with Crippen LogP contribution in [0.1, 0.15) is 31.5 Å². The van der Waals surface area contributed by atoms with Crippen molar-refractivity contribution in [1.82, 2.24) is 4.57 Å². The van der Waals surface area contributed by atoms with Crippen LogP contribution in [0.5, 0.6) is 0 Å². The zero-order valence-electron chi connectivity index (χ0n) is 9.17. The molecule has 0 aliphatic carbocycles. The molecule has 0 radical (unpaired) electrons. The Morgan fingerprint density at radius 3 is 2.57 bits per heavy atom. The minimum Gasteiger partial charge on any atom is -0.237 e. The summed E-state index contributed by atoms with van der Waals surface area (Å²) in [6.45, 7) is 3.33. The van der Waals surface area contributed by atoms with E-state index in [1.54, 1.807) is 0 Å². The summed E-state index contributed by atoms with van der Waals surface area (Å²) in [4.78, 5) is 0. The van der Waals surface area contributed by atoms with Gasteiger partial charge in [0.1, 0.15) is 12.4 Å². The third-order valence-electron chi connectivity index (χ3n) is 2.68. The van der Waals surface area contributed by atoms with Gasteiger partial charge in [-0.2, -0.15) is 0 Å². The quantitative estimate of drug-likeness (QED) is 0.422. The van der Waals surface area contributed by atoms with Crippen molar-refractivity contribution in [1.29, 1.82) is 0 Å². The van der Waals surface area contributed by atoms with Crippen molar-refractivity contribution in [3.8, 4) is 0 Å². The first-order valence-corrected chi connectivity index (χ1v) is 6.45. The summed E-state index contributed by atoms with van der Waals surface area (Å²) in [7, 11) is 2.09. The summed E-state index contributed by atoms with van der Waals surface area (Å²) in [6.07, 6.45) is 9.57. The van der Waals surface area contributed by atoms with Gasteiger partial charge >= 0.3 is 0 Å². The van der Waals surface area contributed by atoms with Gasteiger partial charge in [0.25, 0.3) is 5.82 Å². The van der Waals surface area contributed by atoms with E-state index in [1.807, 2.05) is 0 Å². The van der Waals surface area contributed by atoms with Crippen LogP contribution < -0.4 is 4.57 Å². The average molecular weight is 260 g/mol. The molecule has 2 nitrogen and oxygen atoms in total. The molecule has 1 aromatic rings.